The Balaban J connectivity index is 1.85. The van der Waals surface area contributed by atoms with Crippen molar-refractivity contribution in [1.29, 1.82) is 0 Å². The van der Waals surface area contributed by atoms with Crippen LogP contribution in [0.25, 0.3) is 0 Å². The summed E-state index contributed by atoms with van der Waals surface area (Å²) in [6.07, 6.45) is 11.7. The second-order valence-corrected chi connectivity index (χ2v) is 5.54. The number of esters is 1. The summed E-state index contributed by atoms with van der Waals surface area (Å²) in [4.78, 5) is 35.1. The minimum Gasteiger partial charge on any atom is -0.466 e. The van der Waals surface area contributed by atoms with E-state index in [9.17, 15) is 14.4 Å². The van der Waals surface area contributed by atoms with E-state index < -0.39 is 0 Å². The van der Waals surface area contributed by atoms with E-state index in [0.29, 0.717) is 19.6 Å². The third kappa shape index (κ3) is 7.38. The molecule has 1 rings (SSSR count). The molecule has 0 bridgehead atoms. The van der Waals surface area contributed by atoms with Gasteiger partial charge in [-0.25, -0.2) is 0 Å². The molecule has 1 aliphatic rings. The molecule has 22 heavy (non-hydrogen) atoms. The Labute approximate surface area is 132 Å². The van der Waals surface area contributed by atoms with Crippen molar-refractivity contribution < 1.29 is 19.1 Å². The number of imide groups is 1. The van der Waals surface area contributed by atoms with Gasteiger partial charge in [-0.2, -0.15) is 0 Å². The Hall–Kier alpha value is -1.65. The van der Waals surface area contributed by atoms with Gasteiger partial charge in [-0.05, 0) is 19.8 Å². The second-order valence-electron chi connectivity index (χ2n) is 5.54. The van der Waals surface area contributed by atoms with Gasteiger partial charge in [0.05, 0.1) is 6.61 Å². The molecule has 0 aliphatic carbocycles. The summed E-state index contributed by atoms with van der Waals surface area (Å²) in [5.74, 6) is -0.471. The molecule has 0 fully saturated rings. The Kier molecular flexibility index (Phi) is 9.19. The van der Waals surface area contributed by atoms with Gasteiger partial charge in [-0.1, -0.05) is 38.5 Å². The summed E-state index contributed by atoms with van der Waals surface area (Å²) in [5, 5.41) is 0. The molecule has 2 amide bonds. The monoisotopic (exact) mass is 309 g/mol. The SMILES string of the molecule is CCOC(=O)CCCCCCCCCCN1C(=O)C=CC1=O. The van der Waals surface area contributed by atoms with Gasteiger partial charge in [0.15, 0.2) is 0 Å². The van der Waals surface area contributed by atoms with Crippen LogP contribution in [0.5, 0.6) is 0 Å². The van der Waals surface area contributed by atoms with Crippen LogP contribution in [-0.4, -0.2) is 35.8 Å². The predicted molar refractivity (Wildman–Crippen MR) is 84.0 cm³/mol. The molecule has 5 nitrogen and oxygen atoms in total. The van der Waals surface area contributed by atoms with Gasteiger partial charge in [-0.3, -0.25) is 19.3 Å². The van der Waals surface area contributed by atoms with Crippen LogP contribution in [0, 0.1) is 0 Å². The van der Waals surface area contributed by atoms with Gasteiger partial charge in [0.1, 0.15) is 0 Å². The van der Waals surface area contributed by atoms with Crippen molar-refractivity contribution in [1.82, 2.24) is 4.90 Å². The van der Waals surface area contributed by atoms with E-state index in [2.05, 4.69) is 0 Å². The minimum atomic E-state index is -0.188. The fourth-order valence-corrected chi connectivity index (χ4v) is 2.48. The van der Waals surface area contributed by atoms with Crippen molar-refractivity contribution in [3.63, 3.8) is 0 Å². The first kappa shape index (κ1) is 18.4. The zero-order valence-corrected chi connectivity index (χ0v) is 13.5. The van der Waals surface area contributed by atoms with E-state index in [-0.39, 0.29) is 17.8 Å². The lowest BCUT2D eigenvalue weighted by molar-refractivity contribution is -0.143. The summed E-state index contributed by atoms with van der Waals surface area (Å²) < 4.78 is 4.88. The first-order valence-electron chi connectivity index (χ1n) is 8.34. The Bertz CT molecular complexity index is 385. The second kappa shape index (κ2) is 11.0. The molecular formula is C17H27NO4. The summed E-state index contributed by atoms with van der Waals surface area (Å²) in [6.45, 7) is 2.82. The van der Waals surface area contributed by atoms with E-state index in [4.69, 9.17) is 4.74 Å². The molecule has 0 saturated carbocycles. The van der Waals surface area contributed by atoms with Crippen LogP contribution in [0.4, 0.5) is 0 Å². The lowest BCUT2D eigenvalue weighted by Gasteiger charge is -2.12. The standard InChI is InChI=1S/C17H27NO4/c1-2-22-17(21)11-9-7-5-3-4-6-8-10-14-18-15(19)12-13-16(18)20/h12-13H,2-11,14H2,1H3. The van der Waals surface area contributed by atoms with E-state index in [1.807, 2.05) is 6.92 Å². The highest BCUT2D eigenvalue weighted by atomic mass is 16.5. The summed E-state index contributed by atoms with van der Waals surface area (Å²) in [7, 11) is 0. The number of rotatable bonds is 12. The van der Waals surface area contributed by atoms with Crippen molar-refractivity contribution in [3.05, 3.63) is 12.2 Å². The van der Waals surface area contributed by atoms with Crippen LogP contribution >= 0.6 is 0 Å². The maximum Gasteiger partial charge on any atom is 0.305 e. The van der Waals surface area contributed by atoms with Gasteiger partial charge in [0, 0.05) is 25.1 Å². The van der Waals surface area contributed by atoms with Crippen LogP contribution in [0.15, 0.2) is 12.2 Å². The fourth-order valence-electron chi connectivity index (χ4n) is 2.48. The number of ether oxygens (including phenoxy) is 1. The van der Waals surface area contributed by atoms with Crippen LogP contribution in [0.1, 0.15) is 64.7 Å². The average Bonchev–Trinajstić information content (AvgIpc) is 2.81. The Morgan fingerprint density at radius 1 is 0.909 bits per heavy atom. The molecule has 0 N–H and O–H groups in total. The third-order valence-electron chi connectivity index (χ3n) is 3.72. The number of nitrogens with zero attached hydrogens (tertiary/aromatic N) is 1. The van der Waals surface area contributed by atoms with Gasteiger partial charge in [0.25, 0.3) is 11.8 Å². The van der Waals surface area contributed by atoms with Crippen molar-refractivity contribution in [2.75, 3.05) is 13.2 Å². The van der Waals surface area contributed by atoms with Crippen LogP contribution in [-0.2, 0) is 19.1 Å². The molecule has 0 saturated heterocycles. The lowest BCUT2D eigenvalue weighted by atomic mass is 10.1. The predicted octanol–water partition coefficient (Wildman–Crippen LogP) is 2.99. The molecule has 1 aliphatic heterocycles. The van der Waals surface area contributed by atoms with Crippen LogP contribution in [0.2, 0.25) is 0 Å². The van der Waals surface area contributed by atoms with Gasteiger partial charge >= 0.3 is 5.97 Å². The molecule has 0 aromatic carbocycles. The zero-order valence-electron chi connectivity index (χ0n) is 13.5. The number of hydrogen-bond acceptors (Lipinski definition) is 4. The van der Waals surface area contributed by atoms with Crippen LogP contribution < -0.4 is 0 Å². The largest absolute Gasteiger partial charge is 0.466 e. The highest BCUT2D eigenvalue weighted by Crippen LogP contribution is 2.11. The number of unbranched alkanes of at least 4 members (excludes halogenated alkanes) is 7. The fraction of sp³-hybridized carbons (Fsp3) is 0.706. The van der Waals surface area contributed by atoms with E-state index in [1.165, 1.54) is 29.9 Å². The molecule has 124 valence electrons. The number of hydrogen-bond donors (Lipinski definition) is 0. The summed E-state index contributed by atoms with van der Waals surface area (Å²) >= 11 is 0. The maximum atomic E-state index is 11.3. The number of carbonyl (C=O) groups excluding carboxylic acids is 3. The van der Waals surface area contributed by atoms with Crippen molar-refractivity contribution in [3.8, 4) is 0 Å². The molecule has 0 aromatic rings. The number of carbonyl (C=O) groups is 3. The van der Waals surface area contributed by atoms with Gasteiger partial charge in [-0.15, -0.1) is 0 Å². The highest BCUT2D eigenvalue weighted by Gasteiger charge is 2.21. The molecule has 0 unspecified atom stereocenters. The first-order chi connectivity index (χ1) is 10.6. The average molecular weight is 309 g/mol. The number of amides is 2. The van der Waals surface area contributed by atoms with E-state index in [1.54, 1.807) is 0 Å². The zero-order chi connectivity index (χ0) is 16.2. The topological polar surface area (TPSA) is 63.7 Å². The Morgan fingerprint density at radius 2 is 1.41 bits per heavy atom. The van der Waals surface area contributed by atoms with Crippen molar-refractivity contribution in [2.45, 2.75) is 64.7 Å². The molecular weight excluding hydrogens is 282 g/mol. The van der Waals surface area contributed by atoms with E-state index in [0.717, 1.165) is 38.5 Å². The van der Waals surface area contributed by atoms with Gasteiger partial charge < -0.3 is 4.74 Å². The lowest BCUT2D eigenvalue weighted by Crippen LogP contribution is -2.30. The molecule has 0 aromatic heterocycles. The minimum absolute atomic E-state index is 0.0944. The summed E-state index contributed by atoms with van der Waals surface area (Å²) in [5.41, 5.74) is 0. The smallest absolute Gasteiger partial charge is 0.305 e. The molecule has 0 atom stereocenters. The van der Waals surface area contributed by atoms with Crippen molar-refractivity contribution >= 4 is 17.8 Å². The third-order valence-corrected chi connectivity index (χ3v) is 3.72. The van der Waals surface area contributed by atoms with Gasteiger partial charge in [0.2, 0.25) is 0 Å². The molecule has 5 heteroatoms. The van der Waals surface area contributed by atoms with Crippen molar-refractivity contribution in [2.24, 2.45) is 0 Å². The summed E-state index contributed by atoms with van der Waals surface area (Å²) in [6, 6.07) is 0. The normalized spacial score (nSPS) is 14.0. The Morgan fingerprint density at radius 3 is 1.95 bits per heavy atom. The molecule has 0 radical (unpaired) electrons. The van der Waals surface area contributed by atoms with Crippen LogP contribution in [0.3, 0.4) is 0 Å². The highest BCUT2D eigenvalue weighted by molar-refractivity contribution is 6.12. The first-order valence-corrected chi connectivity index (χ1v) is 8.34. The molecule has 1 heterocycles. The quantitative estimate of drug-likeness (QED) is 0.316. The van der Waals surface area contributed by atoms with E-state index >= 15 is 0 Å². The molecule has 0 spiro atoms. The maximum absolute atomic E-state index is 11.3.